The Kier molecular flexibility index (Phi) is 5.28. The van der Waals surface area contributed by atoms with Gasteiger partial charge in [-0.1, -0.05) is 59.9 Å². The average molecular weight is 406 g/mol. The van der Waals surface area contributed by atoms with Crippen LogP contribution >= 0.6 is 11.3 Å². The molecule has 0 saturated heterocycles. The van der Waals surface area contributed by atoms with E-state index in [0.717, 1.165) is 23.3 Å². The van der Waals surface area contributed by atoms with Crippen molar-refractivity contribution in [3.8, 4) is 0 Å². The van der Waals surface area contributed by atoms with E-state index in [1.807, 2.05) is 12.3 Å². The number of rotatable bonds is 6. The summed E-state index contributed by atoms with van der Waals surface area (Å²) in [5, 5.41) is 3.76. The van der Waals surface area contributed by atoms with Crippen LogP contribution in [0.5, 0.6) is 0 Å². The largest absolute Gasteiger partial charge is 0.301 e. The first-order chi connectivity index (χ1) is 13.9. The minimum atomic E-state index is -0.398. The molecule has 29 heavy (non-hydrogen) atoms. The summed E-state index contributed by atoms with van der Waals surface area (Å²) in [6.07, 6.45) is 3.67. The second kappa shape index (κ2) is 7.73. The summed E-state index contributed by atoms with van der Waals surface area (Å²) in [4.78, 5) is 20.9. The maximum absolute atomic E-state index is 13.1. The van der Waals surface area contributed by atoms with Crippen LogP contribution in [0.25, 0.3) is 0 Å². The van der Waals surface area contributed by atoms with E-state index in [2.05, 4.69) is 85.6 Å². The molecule has 2 aromatic carbocycles. The number of aryl methyl sites for hydroxylation is 2. The first kappa shape index (κ1) is 19.8. The van der Waals surface area contributed by atoms with E-state index in [-0.39, 0.29) is 11.9 Å². The molecule has 1 atom stereocenters. The maximum atomic E-state index is 13.1. The van der Waals surface area contributed by atoms with E-state index in [4.69, 9.17) is 0 Å². The second-order valence-electron chi connectivity index (χ2n) is 8.18. The van der Waals surface area contributed by atoms with Gasteiger partial charge in [0.05, 0.1) is 11.5 Å². The normalized spacial score (nSPS) is 15.9. The first-order valence-corrected chi connectivity index (χ1v) is 10.8. The summed E-state index contributed by atoms with van der Waals surface area (Å²) >= 11 is 1.55. The van der Waals surface area contributed by atoms with Gasteiger partial charge in [-0.2, -0.15) is 0 Å². The van der Waals surface area contributed by atoms with Gasteiger partial charge in [-0.3, -0.25) is 9.69 Å². The third-order valence-corrected chi connectivity index (χ3v) is 6.85. The van der Waals surface area contributed by atoms with Crippen molar-refractivity contribution in [3.63, 3.8) is 0 Å². The van der Waals surface area contributed by atoms with Crippen LogP contribution in [0.4, 0.5) is 5.13 Å². The molecule has 0 unspecified atom stereocenters. The smallest absolute Gasteiger partial charge is 0.236 e. The molecule has 5 heteroatoms. The van der Waals surface area contributed by atoms with E-state index in [1.54, 1.807) is 11.3 Å². The highest BCUT2D eigenvalue weighted by Gasteiger charge is 2.51. The summed E-state index contributed by atoms with van der Waals surface area (Å²) in [5.74, 6) is 0.0581. The number of aromatic nitrogens is 1. The number of carbonyl (C=O) groups is 1. The number of nitrogens with one attached hydrogen (secondary N) is 1. The summed E-state index contributed by atoms with van der Waals surface area (Å²) in [6.45, 7) is 4.20. The van der Waals surface area contributed by atoms with Gasteiger partial charge in [-0.25, -0.2) is 4.98 Å². The van der Waals surface area contributed by atoms with Crippen molar-refractivity contribution in [1.29, 1.82) is 0 Å². The highest BCUT2D eigenvalue weighted by atomic mass is 32.1. The molecule has 1 aromatic heterocycles. The van der Waals surface area contributed by atoms with Gasteiger partial charge >= 0.3 is 0 Å². The molecule has 1 N–H and O–H groups in total. The van der Waals surface area contributed by atoms with E-state index in [0.29, 0.717) is 5.13 Å². The Morgan fingerprint density at radius 2 is 1.83 bits per heavy atom. The number of carbonyl (C=O) groups excluding carboxylic acids is 1. The molecule has 0 aliphatic heterocycles. The predicted molar refractivity (Wildman–Crippen MR) is 120 cm³/mol. The number of hydrogen-bond acceptors (Lipinski definition) is 4. The van der Waals surface area contributed by atoms with Crippen LogP contribution in [0, 0.1) is 13.8 Å². The lowest BCUT2D eigenvalue weighted by Gasteiger charge is -2.23. The topological polar surface area (TPSA) is 45.2 Å². The second-order valence-corrected chi connectivity index (χ2v) is 9.24. The Morgan fingerprint density at radius 1 is 1.10 bits per heavy atom. The van der Waals surface area contributed by atoms with Gasteiger partial charge in [-0.05, 0) is 63.0 Å². The molecule has 1 fully saturated rings. The van der Waals surface area contributed by atoms with Crippen LogP contribution in [0.15, 0.2) is 54.7 Å². The van der Waals surface area contributed by atoms with Crippen molar-refractivity contribution < 1.29 is 4.79 Å². The Bertz CT molecular complexity index is 1020. The molecule has 1 heterocycles. The number of hydrogen-bond donors (Lipinski definition) is 1. The van der Waals surface area contributed by atoms with Crippen molar-refractivity contribution in [2.75, 3.05) is 19.4 Å². The van der Waals surface area contributed by atoms with E-state index < -0.39 is 5.41 Å². The molecule has 150 valence electrons. The zero-order chi connectivity index (χ0) is 20.6. The summed E-state index contributed by atoms with van der Waals surface area (Å²) in [7, 11) is 4.13. The van der Waals surface area contributed by atoms with E-state index in [9.17, 15) is 4.79 Å². The highest BCUT2D eigenvalue weighted by molar-refractivity contribution is 7.15. The van der Waals surface area contributed by atoms with Crippen molar-refractivity contribution in [2.24, 2.45) is 0 Å². The number of amides is 1. The average Bonchev–Trinajstić information content (AvgIpc) is 3.40. The Labute approximate surface area is 176 Å². The third-order valence-electron chi connectivity index (χ3n) is 5.89. The maximum Gasteiger partial charge on any atom is 0.236 e. The fourth-order valence-corrected chi connectivity index (χ4v) is 4.89. The van der Waals surface area contributed by atoms with Gasteiger partial charge < -0.3 is 5.32 Å². The Hall–Kier alpha value is -2.50. The van der Waals surface area contributed by atoms with Gasteiger partial charge in [0.25, 0.3) is 0 Å². The lowest BCUT2D eigenvalue weighted by molar-refractivity contribution is -0.118. The molecule has 3 aromatic rings. The van der Waals surface area contributed by atoms with Crippen LogP contribution in [0.1, 0.15) is 46.0 Å². The molecule has 4 nitrogen and oxygen atoms in total. The quantitative estimate of drug-likeness (QED) is 0.622. The van der Waals surface area contributed by atoms with Crippen molar-refractivity contribution in [3.05, 3.63) is 81.9 Å². The van der Waals surface area contributed by atoms with Crippen LogP contribution in [0.2, 0.25) is 0 Å². The van der Waals surface area contributed by atoms with Crippen LogP contribution in [-0.2, 0) is 10.2 Å². The molecule has 0 bridgehead atoms. The number of thiazole rings is 1. The summed E-state index contributed by atoms with van der Waals surface area (Å²) in [5.41, 5.74) is 4.42. The van der Waals surface area contributed by atoms with Gasteiger partial charge in [0.1, 0.15) is 0 Å². The van der Waals surface area contributed by atoms with Gasteiger partial charge in [0.2, 0.25) is 5.91 Å². The molecule has 1 saturated carbocycles. The minimum Gasteiger partial charge on any atom is -0.301 e. The number of anilines is 1. The van der Waals surface area contributed by atoms with Gasteiger partial charge in [0.15, 0.2) is 5.13 Å². The first-order valence-electron chi connectivity index (χ1n) is 9.97. The van der Waals surface area contributed by atoms with Gasteiger partial charge in [-0.15, -0.1) is 0 Å². The monoisotopic (exact) mass is 405 g/mol. The standard InChI is InChI=1S/C24H27N3OS/c1-16-10-11-19(14-17(16)2)24(12-13-24)22(28)26-23-25-15-20(29-23)21(27(3)4)18-8-6-5-7-9-18/h5-11,14-15,21H,12-13H2,1-4H3,(H,25,26,28)/t21-/m1/s1. The molecule has 0 spiro atoms. The highest BCUT2D eigenvalue weighted by Crippen LogP contribution is 2.49. The van der Waals surface area contributed by atoms with Crippen LogP contribution in [-0.4, -0.2) is 29.9 Å². The van der Waals surface area contributed by atoms with E-state index >= 15 is 0 Å². The molecule has 4 rings (SSSR count). The van der Waals surface area contributed by atoms with E-state index in [1.165, 1.54) is 16.7 Å². The molecular weight excluding hydrogens is 378 g/mol. The lowest BCUT2D eigenvalue weighted by Crippen LogP contribution is -2.27. The number of benzene rings is 2. The summed E-state index contributed by atoms with van der Waals surface area (Å²) < 4.78 is 0. The Balaban J connectivity index is 1.54. The third kappa shape index (κ3) is 3.85. The van der Waals surface area contributed by atoms with Gasteiger partial charge in [0, 0.05) is 11.1 Å². The number of nitrogens with zero attached hydrogens (tertiary/aromatic N) is 2. The zero-order valence-corrected chi connectivity index (χ0v) is 18.2. The van der Waals surface area contributed by atoms with Crippen molar-refractivity contribution in [1.82, 2.24) is 9.88 Å². The molecule has 1 amide bonds. The lowest BCUT2D eigenvalue weighted by atomic mass is 9.92. The molecule has 0 radical (unpaired) electrons. The Morgan fingerprint density at radius 3 is 2.45 bits per heavy atom. The van der Waals surface area contributed by atoms with Crippen molar-refractivity contribution >= 4 is 22.4 Å². The molecule has 1 aliphatic rings. The fraction of sp³-hybridized carbons (Fsp3) is 0.333. The molecule has 1 aliphatic carbocycles. The molecular formula is C24H27N3OS. The van der Waals surface area contributed by atoms with Crippen molar-refractivity contribution in [2.45, 2.75) is 38.1 Å². The fourth-order valence-electron chi connectivity index (χ4n) is 3.85. The zero-order valence-electron chi connectivity index (χ0n) is 17.4. The minimum absolute atomic E-state index is 0.0581. The van der Waals surface area contributed by atoms with Crippen LogP contribution in [0.3, 0.4) is 0 Å². The SMILES string of the molecule is Cc1ccc(C2(C(=O)Nc3ncc([C@@H](c4ccccc4)N(C)C)s3)CC2)cc1C. The summed E-state index contributed by atoms with van der Waals surface area (Å²) in [6, 6.07) is 16.9. The predicted octanol–water partition coefficient (Wildman–Crippen LogP) is 5.08. The van der Waals surface area contributed by atoms with Crippen LogP contribution < -0.4 is 5.32 Å².